The Morgan fingerprint density at radius 1 is 0.769 bits per heavy atom. The summed E-state index contributed by atoms with van der Waals surface area (Å²) in [6, 6.07) is 25.6. The lowest BCUT2D eigenvalue weighted by atomic mass is 9.82. The van der Waals surface area contributed by atoms with Crippen LogP contribution in [0, 0.1) is 11.6 Å². The number of carbonyl (C=O) groups is 1. The highest BCUT2D eigenvalue weighted by molar-refractivity contribution is 6.16. The summed E-state index contributed by atoms with van der Waals surface area (Å²) >= 11 is 0. The molecule has 3 aromatic carbocycles. The lowest BCUT2D eigenvalue weighted by Crippen LogP contribution is -2.43. The Labute approximate surface area is 226 Å². The summed E-state index contributed by atoms with van der Waals surface area (Å²) in [6.45, 7) is 3.13. The fourth-order valence-corrected chi connectivity index (χ4v) is 5.58. The van der Waals surface area contributed by atoms with E-state index in [2.05, 4.69) is 34.1 Å². The van der Waals surface area contributed by atoms with Gasteiger partial charge in [-0.15, -0.1) is 0 Å². The predicted molar refractivity (Wildman–Crippen MR) is 146 cm³/mol. The molecule has 0 aliphatic carbocycles. The van der Waals surface area contributed by atoms with E-state index in [0.29, 0.717) is 29.2 Å². The van der Waals surface area contributed by atoms with Gasteiger partial charge in [0.25, 0.3) is 5.91 Å². The second-order valence-corrected chi connectivity index (χ2v) is 9.98. The maximum atomic E-state index is 14.4. The van der Waals surface area contributed by atoms with E-state index >= 15 is 0 Å². The second kappa shape index (κ2) is 10.5. The number of aromatic nitrogens is 1. The molecule has 4 aromatic rings. The van der Waals surface area contributed by atoms with E-state index in [4.69, 9.17) is 4.99 Å². The average molecular weight is 523 g/mol. The zero-order chi connectivity index (χ0) is 26.8. The standard InChI is InChI=1S/C32H28F2N4O/c33-27-13-9-25(10-14-27)32(26-11-15-28(34)16-12-26)31(39)38(30(36-32)29-8-3-4-18-35-29)20-5-19-37-21-17-23-6-1-2-7-24(23)22-37/h1-4,6-16,18H,5,17,19-22H2. The van der Waals surface area contributed by atoms with E-state index in [-0.39, 0.29) is 5.91 Å². The van der Waals surface area contributed by atoms with Crippen LogP contribution in [0.5, 0.6) is 0 Å². The number of benzene rings is 3. The first kappa shape index (κ1) is 25.1. The SMILES string of the molecule is O=C1N(CCCN2CCc3ccccc3C2)C(c2ccccn2)=NC1(c1ccc(F)cc1)c1ccc(F)cc1. The van der Waals surface area contributed by atoms with Gasteiger partial charge in [0, 0.05) is 32.4 Å². The van der Waals surface area contributed by atoms with E-state index in [1.807, 2.05) is 18.2 Å². The number of halogens is 2. The maximum Gasteiger partial charge on any atom is 0.265 e. The number of rotatable bonds is 7. The Morgan fingerprint density at radius 2 is 1.41 bits per heavy atom. The topological polar surface area (TPSA) is 48.8 Å². The molecule has 0 N–H and O–H groups in total. The molecule has 0 fully saturated rings. The van der Waals surface area contributed by atoms with E-state index in [0.717, 1.165) is 32.5 Å². The van der Waals surface area contributed by atoms with Crippen LogP contribution in [-0.4, -0.2) is 46.2 Å². The lowest BCUT2D eigenvalue weighted by Gasteiger charge is -2.30. The molecule has 0 saturated carbocycles. The quantitative estimate of drug-likeness (QED) is 0.329. The molecular formula is C32H28F2N4O. The van der Waals surface area contributed by atoms with Crippen molar-refractivity contribution in [2.75, 3.05) is 19.6 Å². The zero-order valence-electron chi connectivity index (χ0n) is 21.4. The first-order chi connectivity index (χ1) is 19.0. The van der Waals surface area contributed by atoms with E-state index < -0.39 is 17.2 Å². The number of carbonyl (C=O) groups excluding carboxylic acids is 1. The largest absolute Gasteiger partial charge is 0.299 e. The molecule has 1 amide bonds. The van der Waals surface area contributed by atoms with Gasteiger partial charge in [-0.25, -0.2) is 13.8 Å². The van der Waals surface area contributed by atoms with Crippen molar-refractivity contribution in [3.8, 4) is 0 Å². The second-order valence-electron chi connectivity index (χ2n) is 9.98. The van der Waals surface area contributed by atoms with Gasteiger partial charge in [0.1, 0.15) is 17.3 Å². The maximum absolute atomic E-state index is 14.4. The molecule has 0 atom stereocenters. The van der Waals surface area contributed by atoms with Crippen molar-refractivity contribution in [1.29, 1.82) is 0 Å². The summed E-state index contributed by atoms with van der Waals surface area (Å²) in [5.41, 5.74) is 2.88. The Hall–Kier alpha value is -4.23. The van der Waals surface area contributed by atoms with Gasteiger partial charge in [-0.2, -0.15) is 0 Å². The van der Waals surface area contributed by atoms with Crippen LogP contribution in [0.1, 0.15) is 34.4 Å². The van der Waals surface area contributed by atoms with Crippen molar-refractivity contribution in [2.45, 2.75) is 24.9 Å². The summed E-state index contributed by atoms with van der Waals surface area (Å²) in [7, 11) is 0. The van der Waals surface area contributed by atoms with Gasteiger partial charge in [-0.3, -0.25) is 19.6 Å². The molecule has 0 radical (unpaired) electrons. The molecule has 0 saturated heterocycles. The van der Waals surface area contributed by atoms with Gasteiger partial charge in [0.15, 0.2) is 11.4 Å². The molecule has 0 spiro atoms. The summed E-state index contributed by atoms with van der Waals surface area (Å²) in [6.07, 6.45) is 3.42. The number of pyridine rings is 1. The normalized spacial score (nSPS) is 16.7. The van der Waals surface area contributed by atoms with Crippen LogP contribution in [0.3, 0.4) is 0 Å². The minimum Gasteiger partial charge on any atom is -0.299 e. The molecule has 7 heteroatoms. The molecule has 2 aliphatic rings. The average Bonchev–Trinajstić information content (AvgIpc) is 3.27. The third kappa shape index (κ3) is 4.74. The Balaban J connectivity index is 1.34. The van der Waals surface area contributed by atoms with E-state index in [1.165, 1.54) is 35.4 Å². The van der Waals surface area contributed by atoms with Gasteiger partial charge in [-0.1, -0.05) is 54.6 Å². The molecule has 5 nitrogen and oxygen atoms in total. The van der Waals surface area contributed by atoms with Gasteiger partial charge < -0.3 is 0 Å². The summed E-state index contributed by atoms with van der Waals surface area (Å²) in [5, 5.41) is 0. The number of amidine groups is 1. The fourth-order valence-electron chi connectivity index (χ4n) is 5.58. The van der Waals surface area contributed by atoms with Gasteiger partial charge in [-0.05, 0) is 71.5 Å². The number of amides is 1. The molecule has 1 aromatic heterocycles. The highest BCUT2D eigenvalue weighted by Crippen LogP contribution is 2.41. The summed E-state index contributed by atoms with van der Waals surface area (Å²) in [5.74, 6) is -0.622. The van der Waals surface area contributed by atoms with Gasteiger partial charge in [0.05, 0.1) is 0 Å². The highest BCUT2D eigenvalue weighted by Gasteiger charge is 2.51. The van der Waals surface area contributed by atoms with E-state index in [9.17, 15) is 13.6 Å². The van der Waals surface area contributed by atoms with Gasteiger partial charge in [0.2, 0.25) is 0 Å². The number of hydrogen-bond donors (Lipinski definition) is 0. The van der Waals surface area contributed by atoms with Crippen LogP contribution in [-0.2, 0) is 23.3 Å². The third-order valence-corrected chi connectivity index (χ3v) is 7.57. The van der Waals surface area contributed by atoms with Crippen molar-refractivity contribution in [1.82, 2.24) is 14.8 Å². The molecule has 196 valence electrons. The van der Waals surface area contributed by atoms with Crippen LogP contribution in [0.2, 0.25) is 0 Å². The molecular weight excluding hydrogens is 494 g/mol. The van der Waals surface area contributed by atoms with Crippen molar-refractivity contribution < 1.29 is 13.6 Å². The van der Waals surface area contributed by atoms with Crippen LogP contribution in [0.25, 0.3) is 0 Å². The van der Waals surface area contributed by atoms with E-state index in [1.54, 1.807) is 35.4 Å². The Morgan fingerprint density at radius 3 is 2.05 bits per heavy atom. The van der Waals surface area contributed by atoms with Crippen LogP contribution >= 0.6 is 0 Å². The van der Waals surface area contributed by atoms with Crippen LogP contribution < -0.4 is 0 Å². The minimum atomic E-state index is -1.47. The predicted octanol–water partition coefficient (Wildman–Crippen LogP) is 5.34. The van der Waals surface area contributed by atoms with Crippen LogP contribution in [0.15, 0.2) is 102 Å². The molecule has 2 aliphatic heterocycles. The summed E-state index contributed by atoms with van der Waals surface area (Å²) < 4.78 is 27.8. The molecule has 6 rings (SSSR count). The van der Waals surface area contributed by atoms with Gasteiger partial charge >= 0.3 is 0 Å². The number of nitrogens with zero attached hydrogens (tertiary/aromatic N) is 4. The number of aliphatic imine (C=N–C) groups is 1. The monoisotopic (exact) mass is 522 g/mol. The Bertz CT molecular complexity index is 1460. The zero-order valence-corrected chi connectivity index (χ0v) is 21.4. The third-order valence-electron chi connectivity index (χ3n) is 7.57. The van der Waals surface area contributed by atoms with Crippen molar-refractivity contribution in [2.24, 2.45) is 4.99 Å². The highest BCUT2D eigenvalue weighted by atomic mass is 19.1. The Kier molecular flexibility index (Phi) is 6.75. The minimum absolute atomic E-state index is 0.259. The molecule has 0 unspecified atom stereocenters. The van der Waals surface area contributed by atoms with Crippen LogP contribution in [0.4, 0.5) is 8.78 Å². The molecule has 39 heavy (non-hydrogen) atoms. The van der Waals surface area contributed by atoms with Crippen molar-refractivity contribution in [3.63, 3.8) is 0 Å². The first-order valence-corrected chi connectivity index (χ1v) is 13.2. The number of fused-ring (bicyclic) bond motifs is 1. The van der Waals surface area contributed by atoms with Crippen molar-refractivity contribution >= 4 is 11.7 Å². The van der Waals surface area contributed by atoms with Crippen molar-refractivity contribution in [3.05, 3.63) is 137 Å². The smallest absolute Gasteiger partial charge is 0.265 e. The molecule has 0 bridgehead atoms. The first-order valence-electron chi connectivity index (χ1n) is 13.2. The number of hydrogen-bond acceptors (Lipinski definition) is 4. The summed E-state index contributed by atoms with van der Waals surface area (Å²) in [4.78, 5) is 28.0. The molecule has 3 heterocycles. The lowest BCUT2D eigenvalue weighted by molar-refractivity contribution is -0.130. The fraction of sp³-hybridized carbons (Fsp3) is 0.219.